The molecule has 0 saturated heterocycles. The van der Waals surface area contributed by atoms with Gasteiger partial charge in [-0.05, 0) is 60.4 Å². The zero-order valence-corrected chi connectivity index (χ0v) is 20.4. The van der Waals surface area contributed by atoms with Crippen LogP contribution in [0.3, 0.4) is 0 Å². The van der Waals surface area contributed by atoms with E-state index in [2.05, 4.69) is 5.32 Å². The van der Waals surface area contributed by atoms with Gasteiger partial charge in [0.2, 0.25) is 5.91 Å². The van der Waals surface area contributed by atoms with E-state index in [1.54, 1.807) is 49.4 Å². The molecule has 0 saturated carbocycles. The molecule has 0 aromatic heterocycles. The second kappa shape index (κ2) is 10.5. The van der Waals surface area contributed by atoms with E-state index in [1.165, 1.54) is 25.3 Å². The SMILES string of the molecule is COC(=O)c1ccc(C)c(NC(=O)CN(c2ccc(C(C)C)cc2)S(=O)(=O)c2ccccc2)c1. The Labute approximate surface area is 200 Å². The van der Waals surface area contributed by atoms with Crippen molar-refractivity contribution in [2.75, 3.05) is 23.3 Å². The van der Waals surface area contributed by atoms with Gasteiger partial charge in [-0.15, -0.1) is 0 Å². The van der Waals surface area contributed by atoms with Crippen LogP contribution in [0.1, 0.15) is 41.3 Å². The number of hydrogen-bond donors (Lipinski definition) is 1. The molecule has 178 valence electrons. The molecule has 0 aliphatic carbocycles. The van der Waals surface area contributed by atoms with Gasteiger partial charge >= 0.3 is 5.97 Å². The summed E-state index contributed by atoms with van der Waals surface area (Å²) in [5.41, 5.74) is 2.84. The molecule has 8 heteroatoms. The first-order chi connectivity index (χ1) is 16.1. The number of aryl methyl sites for hydroxylation is 1. The summed E-state index contributed by atoms with van der Waals surface area (Å²) in [5, 5.41) is 2.73. The maximum Gasteiger partial charge on any atom is 0.337 e. The minimum absolute atomic E-state index is 0.0830. The highest BCUT2D eigenvalue weighted by molar-refractivity contribution is 7.92. The van der Waals surface area contributed by atoms with Gasteiger partial charge in [-0.25, -0.2) is 13.2 Å². The van der Waals surface area contributed by atoms with E-state index >= 15 is 0 Å². The van der Waals surface area contributed by atoms with E-state index in [-0.39, 0.29) is 16.4 Å². The first-order valence-electron chi connectivity index (χ1n) is 10.8. The molecule has 0 unspecified atom stereocenters. The Morgan fingerprint density at radius 3 is 2.21 bits per heavy atom. The van der Waals surface area contributed by atoms with Crippen LogP contribution in [-0.4, -0.2) is 33.9 Å². The first kappa shape index (κ1) is 25.0. The van der Waals surface area contributed by atoms with E-state index in [9.17, 15) is 18.0 Å². The normalized spacial score (nSPS) is 11.2. The van der Waals surface area contributed by atoms with Crippen molar-refractivity contribution in [3.05, 3.63) is 89.5 Å². The monoisotopic (exact) mass is 480 g/mol. The van der Waals surface area contributed by atoms with Crippen molar-refractivity contribution in [1.82, 2.24) is 0 Å². The fraction of sp³-hybridized carbons (Fsp3) is 0.231. The van der Waals surface area contributed by atoms with E-state index in [0.717, 1.165) is 15.4 Å². The van der Waals surface area contributed by atoms with Gasteiger partial charge in [0.25, 0.3) is 10.0 Å². The van der Waals surface area contributed by atoms with Gasteiger partial charge in [-0.2, -0.15) is 0 Å². The molecule has 0 heterocycles. The van der Waals surface area contributed by atoms with Crippen LogP contribution in [-0.2, 0) is 19.6 Å². The van der Waals surface area contributed by atoms with Crippen LogP contribution in [0.15, 0.2) is 77.7 Å². The number of esters is 1. The predicted molar refractivity (Wildman–Crippen MR) is 133 cm³/mol. The summed E-state index contributed by atoms with van der Waals surface area (Å²) in [6.45, 7) is 5.43. The van der Waals surface area contributed by atoms with Crippen molar-refractivity contribution in [3.8, 4) is 0 Å². The van der Waals surface area contributed by atoms with Crippen LogP contribution in [0, 0.1) is 6.92 Å². The number of anilines is 2. The Morgan fingerprint density at radius 2 is 1.62 bits per heavy atom. The average Bonchev–Trinajstić information content (AvgIpc) is 2.84. The highest BCUT2D eigenvalue weighted by atomic mass is 32.2. The largest absolute Gasteiger partial charge is 0.465 e. The molecule has 0 aliphatic rings. The molecule has 3 aromatic rings. The lowest BCUT2D eigenvalue weighted by molar-refractivity contribution is -0.114. The van der Waals surface area contributed by atoms with Crippen molar-refractivity contribution in [2.24, 2.45) is 0 Å². The van der Waals surface area contributed by atoms with Gasteiger partial charge in [0.15, 0.2) is 0 Å². The Morgan fingerprint density at radius 1 is 0.971 bits per heavy atom. The van der Waals surface area contributed by atoms with Crippen LogP contribution in [0.4, 0.5) is 11.4 Å². The number of amides is 1. The molecule has 0 fully saturated rings. The Hall–Kier alpha value is -3.65. The molecule has 3 aromatic carbocycles. The van der Waals surface area contributed by atoms with Crippen molar-refractivity contribution >= 4 is 33.3 Å². The molecule has 3 rings (SSSR count). The summed E-state index contributed by atoms with van der Waals surface area (Å²) in [6, 6.07) is 19.9. The molecule has 7 nitrogen and oxygen atoms in total. The zero-order chi connectivity index (χ0) is 24.9. The fourth-order valence-corrected chi connectivity index (χ4v) is 4.82. The van der Waals surface area contributed by atoms with Gasteiger partial charge in [0.05, 0.1) is 23.3 Å². The lowest BCUT2D eigenvalue weighted by atomic mass is 10.0. The molecular weight excluding hydrogens is 452 g/mol. The quantitative estimate of drug-likeness (QED) is 0.470. The van der Waals surface area contributed by atoms with Crippen molar-refractivity contribution in [2.45, 2.75) is 31.6 Å². The summed E-state index contributed by atoms with van der Waals surface area (Å²) >= 11 is 0. The summed E-state index contributed by atoms with van der Waals surface area (Å²) in [6.07, 6.45) is 0. The summed E-state index contributed by atoms with van der Waals surface area (Å²) in [5.74, 6) is -0.798. The highest BCUT2D eigenvalue weighted by Gasteiger charge is 2.27. The number of carbonyl (C=O) groups is 2. The number of carbonyl (C=O) groups excluding carboxylic acids is 2. The summed E-state index contributed by atoms with van der Waals surface area (Å²) in [7, 11) is -2.74. The molecular formula is C26H28N2O5S. The summed E-state index contributed by atoms with van der Waals surface area (Å²) < 4.78 is 32.8. The second-order valence-electron chi connectivity index (χ2n) is 8.14. The smallest absolute Gasteiger partial charge is 0.337 e. The number of methoxy groups -OCH3 is 1. The third-order valence-electron chi connectivity index (χ3n) is 5.40. The molecule has 34 heavy (non-hydrogen) atoms. The van der Waals surface area contributed by atoms with E-state index in [1.807, 2.05) is 26.0 Å². The molecule has 1 amide bonds. The number of sulfonamides is 1. The maximum absolute atomic E-state index is 13.5. The number of rotatable bonds is 8. The third-order valence-corrected chi connectivity index (χ3v) is 7.19. The first-order valence-corrected chi connectivity index (χ1v) is 12.2. The lowest BCUT2D eigenvalue weighted by Gasteiger charge is -2.25. The molecule has 0 spiro atoms. The van der Waals surface area contributed by atoms with Crippen molar-refractivity contribution < 1.29 is 22.7 Å². The number of ether oxygens (including phenoxy) is 1. The highest BCUT2D eigenvalue weighted by Crippen LogP contribution is 2.26. The molecule has 0 radical (unpaired) electrons. The topological polar surface area (TPSA) is 92.8 Å². The van der Waals surface area contributed by atoms with E-state index in [4.69, 9.17) is 4.74 Å². The van der Waals surface area contributed by atoms with Gasteiger partial charge in [-0.3, -0.25) is 9.10 Å². The van der Waals surface area contributed by atoms with Gasteiger partial charge in [0.1, 0.15) is 6.54 Å². The molecule has 0 atom stereocenters. The lowest BCUT2D eigenvalue weighted by Crippen LogP contribution is -2.38. The molecule has 0 aliphatic heterocycles. The van der Waals surface area contributed by atoms with Crippen LogP contribution in [0.2, 0.25) is 0 Å². The second-order valence-corrected chi connectivity index (χ2v) is 10.0. The standard InChI is InChI=1S/C26H28N2O5S/c1-18(2)20-12-14-22(15-13-20)28(34(31,32)23-8-6-5-7-9-23)17-25(29)27-24-16-21(26(30)33-4)11-10-19(24)3/h5-16,18H,17H2,1-4H3,(H,27,29). The Bertz CT molecular complexity index is 1270. The Kier molecular flexibility index (Phi) is 7.73. The minimum Gasteiger partial charge on any atom is -0.465 e. The average molecular weight is 481 g/mol. The molecule has 1 N–H and O–H groups in total. The number of nitrogens with zero attached hydrogens (tertiary/aromatic N) is 1. The molecule has 0 bridgehead atoms. The predicted octanol–water partition coefficient (Wildman–Crippen LogP) is 4.74. The fourth-order valence-electron chi connectivity index (χ4n) is 3.38. The zero-order valence-electron chi connectivity index (χ0n) is 19.6. The van der Waals surface area contributed by atoms with Gasteiger partial charge in [-0.1, -0.05) is 50.2 Å². The number of benzene rings is 3. The van der Waals surface area contributed by atoms with Crippen LogP contribution >= 0.6 is 0 Å². The summed E-state index contributed by atoms with van der Waals surface area (Å²) in [4.78, 5) is 25.0. The van der Waals surface area contributed by atoms with Crippen LogP contribution in [0.5, 0.6) is 0 Å². The number of hydrogen-bond acceptors (Lipinski definition) is 5. The van der Waals surface area contributed by atoms with Crippen LogP contribution in [0.25, 0.3) is 0 Å². The minimum atomic E-state index is -4.01. The van der Waals surface area contributed by atoms with E-state index in [0.29, 0.717) is 11.4 Å². The van der Waals surface area contributed by atoms with Crippen molar-refractivity contribution in [1.29, 1.82) is 0 Å². The van der Waals surface area contributed by atoms with Crippen LogP contribution < -0.4 is 9.62 Å². The van der Waals surface area contributed by atoms with Crippen molar-refractivity contribution in [3.63, 3.8) is 0 Å². The Balaban J connectivity index is 1.94. The third kappa shape index (κ3) is 5.63. The van der Waals surface area contributed by atoms with Gasteiger partial charge < -0.3 is 10.1 Å². The van der Waals surface area contributed by atoms with Gasteiger partial charge in [0, 0.05) is 5.69 Å². The van der Waals surface area contributed by atoms with E-state index < -0.39 is 28.4 Å². The number of nitrogens with one attached hydrogen (secondary N) is 1. The maximum atomic E-state index is 13.5.